The van der Waals surface area contributed by atoms with Gasteiger partial charge in [-0.25, -0.2) is 0 Å². The number of carbonyl (C=O) groups is 1. The molecule has 3 heteroatoms. The Morgan fingerprint density at radius 3 is 2.06 bits per heavy atom. The predicted octanol–water partition coefficient (Wildman–Crippen LogP) is 4.76. The minimum Gasteiger partial charge on any atom is -0.342 e. The van der Waals surface area contributed by atoms with Crippen LogP contribution in [0.4, 0.5) is 0 Å². The summed E-state index contributed by atoms with van der Waals surface area (Å²) in [5.74, 6) is 0.338. The van der Waals surface area contributed by atoms with Crippen LogP contribution >= 0.6 is 15.9 Å². The molecular weight excluding hydrogens is 290 g/mol. The molecule has 0 spiro atoms. The zero-order valence-corrected chi connectivity index (χ0v) is 13.8. The minimum atomic E-state index is 0.338. The molecule has 1 amide bonds. The van der Waals surface area contributed by atoms with Crippen LogP contribution < -0.4 is 0 Å². The Bertz CT molecular complexity index is 191. The van der Waals surface area contributed by atoms with Gasteiger partial charge in [-0.15, -0.1) is 0 Å². The molecule has 0 aromatic carbocycles. The molecule has 108 valence electrons. The van der Waals surface area contributed by atoms with Crippen molar-refractivity contribution in [1.82, 2.24) is 4.90 Å². The van der Waals surface area contributed by atoms with Gasteiger partial charge >= 0.3 is 0 Å². The molecule has 0 aliphatic heterocycles. The summed E-state index contributed by atoms with van der Waals surface area (Å²) in [7, 11) is 0. The van der Waals surface area contributed by atoms with E-state index in [1.807, 2.05) is 4.90 Å². The van der Waals surface area contributed by atoms with Crippen LogP contribution in [-0.4, -0.2) is 29.2 Å². The van der Waals surface area contributed by atoms with Crippen molar-refractivity contribution in [1.29, 1.82) is 0 Å². The summed E-state index contributed by atoms with van der Waals surface area (Å²) in [5, 5.41) is 0.885. The Morgan fingerprint density at radius 2 is 1.50 bits per heavy atom. The summed E-state index contributed by atoms with van der Waals surface area (Å²) in [4.78, 5) is 14.0. The summed E-state index contributed by atoms with van der Waals surface area (Å²) in [6, 6.07) is 0. The lowest BCUT2D eigenvalue weighted by Gasteiger charge is -2.21. The maximum atomic E-state index is 12.0. The number of amides is 1. The van der Waals surface area contributed by atoms with Crippen molar-refractivity contribution < 1.29 is 4.79 Å². The van der Waals surface area contributed by atoms with Gasteiger partial charge in [-0.1, -0.05) is 68.3 Å². The molecule has 0 bridgehead atoms. The molecular formula is C15H30BrNO. The molecule has 0 aromatic heterocycles. The van der Waals surface area contributed by atoms with Gasteiger partial charge in [0.15, 0.2) is 0 Å². The second-order valence-corrected chi connectivity index (χ2v) is 5.73. The van der Waals surface area contributed by atoms with Crippen LogP contribution in [0.2, 0.25) is 0 Å². The van der Waals surface area contributed by atoms with Gasteiger partial charge in [0.2, 0.25) is 5.91 Å². The highest BCUT2D eigenvalue weighted by Crippen LogP contribution is 2.09. The van der Waals surface area contributed by atoms with Crippen molar-refractivity contribution in [2.24, 2.45) is 0 Å². The van der Waals surface area contributed by atoms with E-state index in [2.05, 4.69) is 29.8 Å². The zero-order valence-electron chi connectivity index (χ0n) is 12.2. The highest BCUT2D eigenvalue weighted by atomic mass is 79.9. The molecule has 0 fully saturated rings. The lowest BCUT2D eigenvalue weighted by Crippen LogP contribution is -2.33. The summed E-state index contributed by atoms with van der Waals surface area (Å²) in [5.41, 5.74) is 0. The monoisotopic (exact) mass is 319 g/mol. The summed E-state index contributed by atoms with van der Waals surface area (Å²) >= 11 is 3.41. The molecule has 0 aliphatic carbocycles. The number of alkyl halides is 1. The summed E-state index contributed by atoms with van der Waals surface area (Å²) in [6.07, 6.45) is 10.7. The van der Waals surface area contributed by atoms with Crippen molar-refractivity contribution >= 4 is 21.8 Å². The molecule has 0 aliphatic rings. The molecule has 2 nitrogen and oxygen atoms in total. The van der Waals surface area contributed by atoms with Crippen LogP contribution in [0, 0.1) is 0 Å². The fraction of sp³-hybridized carbons (Fsp3) is 0.933. The van der Waals surface area contributed by atoms with Crippen molar-refractivity contribution in [2.75, 3.05) is 18.4 Å². The first-order valence-corrected chi connectivity index (χ1v) is 8.72. The summed E-state index contributed by atoms with van der Waals surface area (Å²) in [6.45, 7) is 6.12. The standard InChI is InChI=1S/C15H30BrNO/c1-3-5-6-7-8-9-10-11-15(18)17(13-4-2)14-12-16/h3-14H2,1-2H3. The molecule has 0 heterocycles. The Labute approximate surface area is 122 Å². The lowest BCUT2D eigenvalue weighted by atomic mass is 10.1. The normalized spacial score (nSPS) is 10.6. The molecule has 0 saturated carbocycles. The first kappa shape index (κ1) is 17.9. The minimum absolute atomic E-state index is 0.338. The van der Waals surface area contributed by atoms with Gasteiger partial charge in [-0.05, 0) is 12.8 Å². The maximum absolute atomic E-state index is 12.0. The Balaban J connectivity index is 3.54. The SMILES string of the molecule is CCCCCCCCCC(=O)N(CCC)CCBr. The van der Waals surface area contributed by atoms with Crippen LogP contribution in [0.3, 0.4) is 0 Å². The first-order chi connectivity index (χ1) is 8.76. The first-order valence-electron chi connectivity index (χ1n) is 7.60. The zero-order chi connectivity index (χ0) is 13.6. The van der Waals surface area contributed by atoms with Crippen molar-refractivity contribution in [3.8, 4) is 0 Å². The molecule has 18 heavy (non-hydrogen) atoms. The maximum Gasteiger partial charge on any atom is 0.222 e. The van der Waals surface area contributed by atoms with Gasteiger partial charge < -0.3 is 4.90 Å². The van der Waals surface area contributed by atoms with E-state index in [1.54, 1.807) is 0 Å². The second kappa shape index (κ2) is 13.4. The quantitative estimate of drug-likeness (QED) is 0.375. The Morgan fingerprint density at radius 1 is 0.889 bits per heavy atom. The van der Waals surface area contributed by atoms with Gasteiger partial charge in [-0.3, -0.25) is 4.79 Å². The molecule has 0 radical (unpaired) electrons. The Hall–Kier alpha value is -0.0500. The summed E-state index contributed by atoms with van der Waals surface area (Å²) < 4.78 is 0. The van der Waals surface area contributed by atoms with Gasteiger partial charge in [0.1, 0.15) is 0 Å². The second-order valence-electron chi connectivity index (χ2n) is 4.94. The number of nitrogens with zero attached hydrogens (tertiary/aromatic N) is 1. The van der Waals surface area contributed by atoms with Gasteiger partial charge in [0.05, 0.1) is 0 Å². The number of carbonyl (C=O) groups excluding carboxylic acids is 1. The number of hydrogen-bond donors (Lipinski definition) is 0. The smallest absolute Gasteiger partial charge is 0.222 e. The van der Waals surface area contributed by atoms with E-state index in [1.165, 1.54) is 38.5 Å². The number of halogens is 1. The molecule has 0 N–H and O–H groups in total. The highest BCUT2D eigenvalue weighted by molar-refractivity contribution is 9.09. The third-order valence-electron chi connectivity index (χ3n) is 3.19. The Kier molecular flexibility index (Phi) is 13.3. The fourth-order valence-corrected chi connectivity index (χ4v) is 2.55. The third kappa shape index (κ3) is 9.93. The van der Waals surface area contributed by atoms with Gasteiger partial charge in [-0.2, -0.15) is 0 Å². The van der Waals surface area contributed by atoms with Crippen LogP contribution in [0.25, 0.3) is 0 Å². The molecule has 0 unspecified atom stereocenters. The molecule has 0 rings (SSSR count). The van der Waals surface area contributed by atoms with E-state index >= 15 is 0 Å². The van der Waals surface area contributed by atoms with Crippen LogP contribution in [0.15, 0.2) is 0 Å². The van der Waals surface area contributed by atoms with Gasteiger partial charge in [0.25, 0.3) is 0 Å². The van der Waals surface area contributed by atoms with Crippen LogP contribution in [0.1, 0.15) is 71.6 Å². The predicted molar refractivity (Wildman–Crippen MR) is 83.3 cm³/mol. The van der Waals surface area contributed by atoms with E-state index in [4.69, 9.17) is 0 Å². The average molecular weight is 320 g/mol. The van der Waals surface area contributed by atoms with Crippen molar-refractivity contribution in [3.63, 3.8) is 0 Å². The third-order valence-corrected chi connectivity index (χ3v) is 3.55. The molecule has 0 atom stereocenters. The number of rotatable bonds is 12. The van der Waals surface area contributed by atoms with Crippen molar-refractivity contribution in [2.45, 2.75) is 71.6 Å². The van der Waals surface area contributed by atoms with E-state index in [0.717, 1.165) is 37.7 Å². The van der Waals surface area contributed by atoms with Gasteiger partial charge in [0, 0.05) is 24.8 Å². The van der Waals surface area contributed by atoms with E-state index < -0.39 is 0 Å². The van der Waals surface area contributed by atoms with E-state index in [9.17, 15) is 4.79 Å². The van der Waals surface area contributed by atoms with E-state index in [-0.39, 0.29) is 0 Å². The highest BCUT2D eigenvalue weighted by Gasteiger charge is 2.10. The average Bonchev–Trinajstić information content (AvgIpc) is 2.37. The number of unbranched alkanes of at least 4 members (excludes halogenated alkanes) is 6. The van der Waals surface area contributed by atoms with Crippen LogP contribution in [-0.2, 0) is 4.79 Å². The van der Waals surface area contributed by atoms with Crippen LogP contribution in [0.5, 0.6) is 0 Å². The topological polar surface area (TPSA) is 20.3 Å². The largest absolute Gasteiger partial charge is 0.342 e. The fourth-order valence-electron chi connectivity index (χ4n) is 2.12. The van der Waals surface area contributed by atoms with Crippen molar-refractivity contribution in [3.05, 3.63) is 0 Å². The van der Waals surface area contributed by atoms with E-state index in [0.29, 0.717) is 5.91 Å². The molecule has 0 saturated heterocycles. The number of hydrogen-bond acceptors (Lipinski definition) is 1. The lowest BCUT2D eigenvalue weighted by molar-refractivity contribution is -0.131. The molecule has 0 aromatic rings.